The highest BCUT2D eigenvalue weighted by Crippen LogP contribution is 2.22. The van der Waals surface area contributed by atoms with Crippen molar-refractivity contribution in [2.45, 2.75) is 26.4 Å². The summed E-state index contributed by atoms with van der Waals surface area (Å²) in [6.07, 6.45) is 1.71. The minimum atomic E-state index is 0.0665. The largest absolute Gasteiger partial charge is 0.409 e. The van der Waals surface area contributed by atoms with Crippen molar-refractivity contribution in [1.82, 2.24) is 4.98 Å². The van der Waals surface area contributed by atoms with Crippen LogP contribution in [0.3, 0.4) is 0 Å². The lowest BCUT2D eigenvalue weighted by molar-refractivity contribution is 0.318. The third kappa shape index (κ3) is 3.51. The molecule has 1 aromatic heterocycles. The SMILES string of the molecule is CC(C)N(Cc1ccccc1)c1ncccc1/C(N)=N/O. The first-order valence-corrected chi connectivity index (χ1v) is 6.87. The van der Waals surface area contributed by atoms with E-state index in [4.69, 9.17) is 10.9 Å². The number of aromatic nitrogens is 1. The summed E-state index contributed by atoms with van der Waals surface area (Å²) in [5, 5.41) is 12.0. The lowest BCUT2D eigenvalue weighted by atomic mass is 10.1. The second kappa shape index (κ2) is 6.74. The fourth-order valence-corrected chi connectivity index (χ4v) is 2.16. The Kier molecular flexibility index (Phi) is 4.77. The summed E-state index contributed by atoms with van der Waals surface area (Å²) in [6.45, 7) is 4.89. The summed E-state index contributed by atoms with van der Waals surface area (Å²) >= 11 is 0. The zero-order chi connectivity index (χ0) is 15.2. The molecule has 0 aliphatic heterocycles. The van der Waals surface area contributed by atoms with Gasteiger partial charge in [-0.05, 0) is 31.5 Å². The molecule has 5 heteroatoms. The third-order valence-electron chi connectivity index (χ3n) is 3.26. The molecule has 0 atom stereocenters. The van der Waals surface area contributed by atoms with Crippen LogP contribution in [0.25, 0.3) is 0 Å². The van der Waals surface area contributed by atoms with Crippen molar-refractivity contribution in [2.75, 3.05) is 4.90 Å². The molecule has 1 aromatic carbocycles. The van der Waals surface area contributed by atoms with E-state index in [9.17, 15) is 0 Å². The van der Waals surface area contributed by atoms with E-state index in [0.717, 1.165) is 0 Å². The number of rotatable bonds is 5. The van der Waals surface area contributed by atoms with Crippen LogP contribution in [0.5, 0.6) is 0 Å². The number of oxime groups is 1. The Labute approximate surface area is 124 Å². The van der Waals surface area contributed by atoms with Crippen LogP contribution in [0.15, 0.2) is 53.8 Å². The lowest BCUT2D eigenvalue weighted by Crippen LogP contribution is -2.33. The summed E-state index contributed by atoms with van der Waals surface area (Å²) < 4.78 is 0. The van der Waals surface area contributed by atoms with Crippen LogP contribution in [0, 0.1) is 0 Å². The number of pyridine rings is 1. The van der Waals surface area contributed by atoms with Crippen molar-refractivity contribution in [1.29, 1.82) is 0 Å². The maximum atomic E-state index is 8.94. The minimum absolute atomic E-state index is 0.0665. The zero-order valence-corrected chi connectivity index (χ0v) is 12.3. The predicted octanol–water partition coefficient (Wildman–Crippen LogP) is 2.59. The summed E-state index contributed by atoms with van der Waals surface area (Å²) in [6, 6.07) is 14.0. The van der Waals surface area contributed by atoms with Crippen molar-refractivity contribution in [2.24, 2.45) is 10.9 Å². The van der Waals surface area contributed by atoms with Gasteiger partial charge >= 0.3 is 0 Å². The van der Waals surface area contributed by atoms with Crippen molar-refractivity contribution in [3.63, 3.8) is 0 Å². The number of amidine groups is 1. The van der Waals surface area contributed by atoms with Gasteiger partial charge in [0.2, 0.25) is 0 Å². The maximum absolute atomic E-state index is 8.94. The van der Waals surface area contributed by atoms with Crippen molar-refractivity contribution in [3.05, 3.63) is 59.8 Å². The van der Waals surface area contributed by atoms with Crippen LogP contribution in [0.2, 0.25) is 0 Å². The van der Waals surface area contributed by atoms with E-state index in [1.54, 1.807) is 18.3 Å². The van der Waals surface area contributed by atoms with Gasteiger partial charge in [0.15, 0.2) is 5.84 Å². The first-order valence-electron chi connectivity index (χ1n) is 6.87. The maximum Gasteiger partial charge on any atom is 0.173 e. The summed E-state index contributed by atoms with van der Waals surface area (Å²) in [7, 11) is 0. The number of anilines is 1. The first-order chi connectivity index (χ1) is 10.1. The van der Waals surface area contributed by atoms with Gasteiger partial charge in [0.05, 0.1) is 5.56 Å². The molecule has 0 saturated carbocycles. The van der Waals surface area contributed by atoms with Gasteiger partial charge in [0.1, 0.15) is 5.82 Å². The number of nitrogens with zero attached hydrogens (tertiary/aromatic N) is 3. The molecule has 0 saturated heterocycles. The van der Waals surface area contributed by atoms with E-state index in [1.165, 1.54) is 5.56 Å². The molecule has 0 amide bonds. The normalized spacial score (nSPS) is 11.7. The fourth-order valence-electron chi connectivity index (χ4n) is 2.16. The van der Waals surface area contributed by atoms with Gasteiger partial charge in [-0.3, -0.25) is 0 Å². The Morgan fingerprint density at radius 2 is 1.95 bits per heavy atom. The Hall–Kier alpha value is -2.56. The molecule has 1 heterocycles. The van der Waals surface area contributed by atoms with Gasteiger partial charge in [-0.25, -0.2) is 4.98 Å². The van der Waals surface area contributed by atoms with E-state index in [2.05, 4.69) is 41.0 Å². The molecule has 0 radical (unpaired) electrons. The molecule has 21 heavy (non-hydrogen) atoms. The zero-order valence-electron chi connectivity index (χ0n) is 12.3. The number of benzene rings is 1. The van der Waals surface area contributed by atoms with Crippen LogP contribution in [0.1, 0.15) is 25.0 Å². The van der Waals surface area contributed by atoms with Crippen LogP contribution >= 0.6 is 0 Å². The average molecular weight is 284 g/mol. The van der Waals surface area contributed by atoms with E-state index >= 15 is 0 Å². The quantitative estimate of drug-likeness (QED) is 0.383. The van der Waals surface area contributed by atoms with Gasteiger partial charge in [-0.2, -0.15) is 0 Å². The highest BCUT2D eigenvalue weighted by molar-refractivity contribution is 6.01. The van der Waals surface area contributed by atoms with E-state index < -0.39 is 0 Å². The van der Waals surface area contributed by atoms with Crippen LogP contribution in [-0.2, 0) is 6.54 Å². The molecule has 110 valence electrons. The van der Waals surface area contributed by atoms with Crippen LogP contribution < -0.4 is 10.6 Å². The Morgan fingerprint density at radius 3 is 2.57 bits per heavy atom. The molecule has 0 aliphatic rings. The van der Waals surface area contributed by atoms with Gasteiger partial charge in [0.25, 0.3) is 0 Å². The van der Waals surface area contributed by atoms with E-state index in [-0.39, 0.29) is 11.9 Å². The predicted molar refractivity (Wildman–Crippen MR) is 84.5 cm³/mol. The molecule has 5 nitrogen and oxygen atoms in total. The fraction of sp³-hybridized carbons (Fsp3) is 0.250. The summed E-state index contributed by atoms with van der Waals surface area (Å²) in [5.74, 6) is 0.781. The van der Waals surface area contributed by atoms with E-state index in [0.29, 0.717) is 17.9 Å². The van der Waals surface area contributed by atoms with Gasteiger partial charge in [-0.15, -0.1) is 0 Å². The smallest absolute Gasteiger partial charge is 0.173 e. The van der Waals surface area contributed by atoms with Crippen LogP contribution in [-0.4, -0.2) is 22.1 Å². The molecule has 2 rings (SSSR count). The Bertz CT molecular complexity index is 611. The number of hydrogen-bond acceptors (Lipinski definition) is 4. The molecule has 2 aromatic rings. The molecule has 0 spiro atoms. The number of hydrogen-bond donors (Lipinski definition) is 2. The molecule has 0 unspecified atom stereocenters. The first kappa shape index (κ1) is 14.8. The minimum Gasteiger partial charge on any atom is -0.409 e. The Balaban J connectivity index is 2.40. The molecule has 3 N–H and O–H groups in total. The third-order valence-corrected chi connectivity index (χ3v) is 3.26. The van der Waals surface area contributed by atoms with Gasteiger partial charge in [0, 0.05) is 18.8 Å². The number of nitrogens with two attached hydrogens (primary N) is 1. The Morgan fingerprint density at radius 1 is 1.24 bits per heavy atom. The molecular formula is C16H20N4O. The molecule has 0 fully saturated rings. The molecular weight excluding hydrogens is 264 g/mol. The lowest BCUT2D eigenvalue weighted by Gasteiger charge is -2.29. The van der Waals surface area contributed by atoms with Crippen molar-refractivity contribution >= 4 is 11.7 Å². The van der Waals surface area contributed by atoms with Crippen LogP contribution in [0.4, 0.5) is 5.82 Å². The highest BCUT2D eigenvalue weighted by Gasteiger charge is 2.18. The second-order valence-corrected chi connectivity index (χ2v) is 5.07. The highest BCUT2D eigenvalue weighted by atomic mass is 16.4. The van der Waals surface area contributed by atoms with Gasteiger partial charge < -0.3 is 15.8 Å². The average Bonchev–Trinajstić information content (AvgIpc) is 2.52. The topological polar surface area (TPSA) is 74.7 Å². The summed E-state index contributed by atoms with van der Waals surface area (Å²) in [5.41, 5.74) is 7.57. The molecule has 0 aliphatic carbocycles. The van der Waals surface area contributed by atoms with Gasteiger partial charge in [-0.1, -0.05) is 35.5 Å². The standard InChI is InChI=1S/C16H20N4O/c1-12(2)20(11-13-7-4-3-5-8-13)16-14(15(17)19-21)9-6-10-18-16/h3-10,12,21H,11H2,1-2H3,(H2,17,19). The van der Waals surface area contributed by atoms with Crippen molar-refractivity contribution < 1.29 is 5.21 Å². The summed E-state index contributed by atoms with van der Waals surface area (Å²) in [4.78, 5) is 6.55. The molecule has 0 bridgehead atoms. The monoisotopic (exact) mass is 284 g/mol. The van der Waals surface area contributed by atoms with E-state index in [1.807, 2.05) is 18.2 Å². The second-order valence-electron chi connectivity index (χ2n) is 5.07. The van der Waals surface area contributed by atoms with Crippen molar-refractivity contribution in [3.8, 4) is 0 Å².